The molecule has 0 bridgehead atoms. The Kier molecular flexibility index (Phi) is 3.08. The smallest absolute Gasteiger partial charge is 0.128 e. The summed E-state index contributed by atoms with van der Waals surface area (Å²) in [5, 5.41) is 3.81. The van der Waals surface area contributed by atoms with E-state index in [2.05, 4.69) is 12.2 Å². The zero-order valence-electron chi connectivity index (χ0n) is 8.16. The maximum absolute atomic E-state index is 13.5. The molecule has 0 amide bonds. The van der Waals surface area contributed by atoms with E-state index in [9.17, 15) is 4.39 Å². The van der Waals surface area contributed by atoms with Crippen LogP contribution in [0.25, 0.3) is 0 Å². The first-order valence-corrected chi connectivity index (χ1v) is 5.93. The average molecular weight is 211 g/mol. The second-order valence-electron chi connectivity index (χ2n) is 3.53. The highest BCUT2D eigenvalue weighted by atomic mass is 32.2. The van der Waals surface area contributed by atoms with E-state index in [1.54, 1.807) is 6.07 Å². The molecule has 0 aromatic heterocycles. The fourth-order valence-corrected chi connectivity index (χ4v) is 2.85. The molecule has 2 unspecified atom stereocenters. The summed E-state index contributed by atoms with van der Waals surface area (Å²) < 4.78 is 13.5. The molecule has 1 aliphatic heterocycles. The highest BCUT2D eigenvalue weighted by Gasteiger charge is 2.24. The largest absolute Gasteiger partial charge is 0.308 e. The molecule has 1 aromatic carbocycles. The van der Waals surface area contributed by atoms with Crippen molar-refractivity contribution in [2.75, 3.05) is 12.3 Å². The van der Waals surface area contributed by atoms with Gasteiger partial charge in [-0.2, -0.15) is 11.8 Å². The molecule has 1 fully saturated rings. The van der Waals surface area contributed by atoms with Crippen molar-refractivity contribution in [1.82, 2.24) is 5.32 Å². The molecule has 76 valence electrons. The van der Waals surface area contributed by atoms with Crippen LogP contribution in [-0.4, -0.2) is 17.5 Å². The van der Waals surface area contributed by atoms with E-state index in [4.69, 9.17) is 0 Å². The van der Waals surface area contributed by atoms with Crippen molar-refractivity contribution in [1.29, 1.82) is 0 Å². The minimum atomic E-state index is -0.0978. The van der Waals surface area contributed by atoms with Gasteiger partial charge in [-0.1, -0.05) is 25.1 Å². The summed E-state index contributed by atoms with van der Waals surface area (Å²) in [6.45, 7) is 3.11. The van der Waals surface area contributed by atoms with E-state index >= 15 is 0 Å². The molecule has 1 heterocycles. The lowest BCUT2D eigenvalue weighted by atomic mass is 10.0. The third kappa shape index (κ3) is 1.93. The van der Waals surface area contributed by atoms with Gasteiger partial charge in [0.15, 0.2) is 0 Å². The SMILES string of the molecule is CC1SCCNC1c1ccccc1F. The van der Waals surface area contributed by atoms with E-state index in [-0.39, 0.29) is 11.9 Å². The van der Waals surface area contributed by atoms with Gasteiger partial charge in [-0.15, -0.1) is 0 Å². The van der Waals surface area contributed by atoms with Crippen molar-refractivity contribution in [2.24, 2.45) is 0 Å². The van der Waals surface area contributed by atoms with Gasteiger partial charge in [0.1, 0.15) is 5.82 Å². The predicted octanol–water partition coefficient (Wildman–Crippen LogP) is 2.59. The Morgan fingerprint density at radius 2 is 2.21 bits per heavy atom. The first kappa shape index (κ1) is 9.99. The number of halogens is 1. The number of hydrogen-bond acceptors (Lipinski definition) is 2. The second kappa shape index (κ2) is 4.32. The Morgan fingerprint density at radius 3 is 2.93 bits per heavy atom. The van der Waals surface area contributed by atoms with Crippen LogP contribution in [0, 0.1) is 5.82 Å². The minimum absolute atomic E-state index is 0.0978. The summed E-state index contributed by atoms with van der Waals surface area (Å²) in [6.07, 6.45) is 0. The van der Waals surface area contributed by atoms with Crippen molar-refractivity contribution in [2.45, 2.75) is 18.2 Å². The van der Waals surface area contributed by atoms with Crippen molar-refractivity contribution in [3.63, 3.8) is 0 Å². The Morgan fingerprint density at radius 1 is 1.43 bits per heavy atom. The normalized spacial score (nSPS) is 27.6. The van der Waals surface area contributed by atoms with Gasteiger partial charge in [0.2, 0.25) is 0 Å². The summed E-state index contributed by atoms with van der Waals surface area (Å²) >= 11 is 1.90. The summed E-state index contributed by atoms with van der Waals surface area (Å²) in [4.78, 5) is 0. The molecule has 14 heavy (non-hydrogen) atoms. The van der Waals surface area contributed by atoms with Crippen LogP contribution in [0.2, 0.25) is 0 Å². The van der Waals surface area contributed by atoms with Crippen molar-refractivity contribution >= 4 is 11.8 Å². The van der Waals surface area contributed by atoms with Gasteiger partial charge >= 0.3 is 0 Å². The standard InChI is InChI=1S/C11H14FNS/c1-8-11(13-6-7-14-8)9-4-2-3-5-10(9)12/h2-5,8,11,13H,6-7H2,1H3. The molecular formula is C11H14FNS. The molecule has 1 nitrogen and oxygen atoms in total. The molecule has 0 saturated carbocycles. The first-order chi connectivity index (χ1) is 6.79. The summed E-state index contributed by atoms with van der Waals surface area (Å²) in [5.74, 6) is 1.02. The lowest BCUT2D eigenvalue weighted by Crippen LogP contribution is -2.35. The molecule has 0 spiro atoms. The molecule has 1 aromatic rings. The van der Waals surface area contributed by atoms with Crippen molar-refractivity contribution in [3.8, 4) is 0 Å². The number of thioether (sulfide) groups is 1. The highest BCUT2D eigenvalue weighted by Crippen LogP contribution is 2.30. The number of rotatable bonds is 1. The number of benzene rings is 1. The predicted molar refractivity (Wildman–Crippen MR) is 59.1 cm³/mol. The van der Waals surface area contributed by atoms with E-state index in [1.807, 2.05) is 23.9 Å². The van der Waals surface area contributed by atoms with Gasteiger partial charge in [0, 0.05) is 29.2 Å². The molecular weight excluding hydrogens is 197 g/mol. The van der Waals surface area contributed by atoms with Crippen molar-refractivity contribution in [3.05, 3.63) is 35.6 Å². The van der Waals surface area contributed by atoms with Gasteiger partial charge in [-0.25, -0.2) is 4.39 Å². The quantitative estimate of drug-likeness (QED) is 0.766. The fourth-order valence-electron chi connectivity index (χ4n) is 1.81. The maximum atomic E-state index is 13.5. The lowest BCUT2D eigenvalue weighted by molar-refractivity contribution is 0.500. The van der Waals surface area contributed by atoms with Crippen LogP contribution < -0.4 is 5.32 Å². The molecule has 0 radical (unpaired) electrons. The third-order valence-electron chi connectivity index (χ3n) is 2.56. The van der Waals surface area contributed by atoms with Gasteiger partial charge < -0.3 is 5.32 Å². The zero-order chi connectivity index (χ0) is 9.97. The van der Waals surface area contributed by atoms with Gasteiger partial charge in [-0.3, -0.25) is 0 Å². The Hall–Kier alpha value is -0.540. The number of nitrogens with one attached hydrogen (secondary N) is 1. The summed E-state index contributed by atoms with van der Waals surface area (Å²) in [7, 11) is 0. The average Bonchev–Trinajstić information content (AvgIpc) is 2.20. The summed E-state index contributed by atoms with van der Waals surface area (Å²) in [5.41, 5.74) is 0.798. The Bertz CT molecular complexity index is 316. The molecule has 1 saturated heterocycles. The van der Waals surface area contributed by atoms with Crippen LogP contribution in [0.3, 0.4) is 0 Å². The van der Waals surface area contributed by atoms with Gasteiger partial charge in [0.05, 0.1) is 0 Å². The van der Waals surface area contributed by atoms with E-state index in [0.717, 1.165) is 17.9 Å². The molecule has 0 aliphatic carbocycles. The van der Waals surface area contributed by atoms with E-state index < -0.39 is 0 Å². The second-order valence-corrected chi connectivity index (χ2v) is 5.01. The summed E-state index contributed by atoms with van der Waals surface area (Å²) in [6, 6.07) is 7.19. The topological polar surface area (TPSA) is 12.0 Å². The van der Waals surface area contributed by atoms with Crippen LogP contribution in [-0.2, 0) is 0 Å². The Balaban J connectivity index is 2.25. The van der Waals surface area contributed by atoms with Crippen LogP contribution in [0.1, 0.15) is 18.5 Å². The van der Waals surface area contributed by atoms with Crippen LogP contribution in [0.4, 0.5) is 4.39 Å². The van der Waals surface area contributed by atoms with Crippen LogP contribution in [0.5, 0.6) is 0 Å². The molecule has 2 atom stereocenters. The Labute approximate surface area is 88.1 Å². The minimum Gasteiger partial charge on any atom is -0.308 e. The molecule has 3 heteroatoms. The monoisotopic (exact) mass is 211 g/mol. The van der Waals surface area contributed by atoms with Crippen LogP contribution in [0.15, 0.2) is 24.3 Å². The fraction of sp³-hybridized carbons (Fsp3) is 0.455. The highest BCUT2D eigenvalue weighted by molar-refractivity contribution is 8.00. The van der Waals surface area contributed by atoms with Gasteiger partial charge in [0.25, 0.3) is 0 Å². The maximum Gasteiger partial charge on any atom is 0.128 e. The van der Waals surface area contributed by atoms with Gasteiger partial charge in [-0.05, 0) is 6.07 Å². The van der Waals surface area contributed by atoms with Crippen molar-refractivity contribution < 1.29 is 4.39 Å². The number of hydrogen-bond donors (Lipinski definition) is 1. The first-order valence-electron chi connectivity index (χ1n) is 4.88. The zero-order valence-corrected chi connectivity index (χ0v) is 8.98. The lowest BCUT2D eigenvalue weighted by Gasteiger charge is -2.30. The van der Waals surface area contributed by atoms with E-state index in [1.165, 1.54) is 6.07 Å². The molecule has 2 rings (SSSR count). The van der Waals surface area contributed by atoms with E-state index in [0.29, 0.717) is 5.25 Å². The third-order valence-corrected chi connectivity index (χ3v) is 3.79. The van der Waals surface area contributed by atoms with Crippen LogP contribution >= 0.6 is 11.8 Å². The molecule has 1 N–H and O–H groups in total. The molecule has 1 aliphatic rings.